The minimum atomic E-state index is -0.690. The third-order valence-corrected chi connectivity index (χ3v) is 5.76. The van der Waals surface area contributed by atoms with Gasteiger partial charge in [0.2, 0.25) is 0 Å². The predicted molar refractivity (Wildman–Crippen MR) is 103 cm³/mol. The van der Waals surface area contributed by atoms with Gasteiger partial charge >= 0.3 is 5.69 Å². The van der Waals surface area contributed by atoms with Gasteiger partial charge in [0.15, 0.2) is 11.6 Å². The van der Waals surface area contributed by atoms with E-state index in [1.165, 1.54) is 30.1 Å². The van der Waals surface area contributed by atoms with Gasteiger partial charge in [-0.05, 0) is 18.6 Å². The van der Waals surface area contributed by atoms with Crippen LogP contribution in [0, 0.1) is 5.82 Å². The number of carbonyl (C=O) groups excluding carboxylic acids is 2. The smallest absolute Gasteiger partial charge is 0.289 e. The molecule has 4 rings (SSSR count). The van der Waals surface area contributed by atoms with Crippen molar-refractivity contribution in [2.75, 3.05) is 0 Å². The monoisotopic (exact) mass is 399 g/mol. The molecule has 0 amide bonds. The Kier molecular flexibility index (Phi) is 4.00. The van der Waals surface area contributed by atoms with E-state index in [2.05, 4.69) is 4.98 Å². The molecule has 3 heterocycles. The van der Waals surface area contributed by atoms with Crippen molar-refractivity contribution in [2.24, 2.45) is 14.1 Å². The molecule has 0 atom stereocenters. The number of halogens is 1. The lowest BCUT2D eigenvalue weighted by Crippen LogP contribution is -2.39. The Hall–Kier alpha value is -3.20. The number of thiophene rings is 1. The lowest BCUT2D eigenvalue weighted by Gasteiger charge is -2.19. The Morgan fingerprint density at radius 3 is 2.43 bits per heavy atom. The second kappa shape index (κ2) is 6.16. The van der Waals surface area contributed by atoms with Crippen LogP contribution < -0.4 is 11.2 Å². The van der Waals surface area contributed by atoms with Crippen LogP contribution in [0.4, 0.5) is 4.39 Å². The Morgan fingerprint density at radius 2 is 1.82 bits per heavy atom. The van der Waals surface area contributed by atoms with Crippen molar-refractivity contribution < 1.29 is 14.0 Å². The number of fused-ring (bicyclic) bond motifs is 3. The summed E-state index contributed by atoms with van der Waals surface area (Å²) >= 11 is 1.02. The van der Waals surface area contributed by atoms with Crippen LogP contribution in [0.2, 0.25) is 0 Å². The molecular formula is C19H14FN3O4S. The summed E-state index contributed by atoms with van der Waals surface area (Å²) in [7, 11) is 2.75. The van der Waals surface area contributed by atoms with Gasteiger partial charge in [-0.15, -0.1) is 11.3 Å². The molecule has 0 aromatic carbocycles. The fraction of sp³-hybridized carbons (Fsp3) is 0.211. The van der Waals surface area contributed by atoms with Gasteiger partial charge < -0.3 is 0 Å². The van der Waals surface area contributed by atoms with E-state index in [4.69, 9.17) is 0 Å². The van der Waals surface area contributed by atoms with E-state index in [0.29, 0.717) is 17.0 Å². The largest absolute Gasteiger partial charge is 0.332 e. The van der Waals surface area contributed by atoms with E-state index < -0.39 is 28.6 Å². The SMILES string of the molecule is CCc1nc2c(c3c1C(=O)C(c1cc(F)cs1)=CC3=O)c(=O)n(C)c(=O)n2C. The van der Waals surface area contributed by atoms with E-state index in [9.17, 15) is 23.6 Å². The Labute approximate surface area is 161 Å². The molecule has 0 fully saturated rings. The maximum atomic E-state index is 13.4. The third kappa shape index (κ3) is 2.36. The number of rotatable bonds is 2. The first-order valence-electron chi connectivity index (χ1n) is 8.44. The van der Waals surface area contributed by atoms with Crippen molar-refractivity contribution >= 4 is 39.5 Å². The molecule has 0 spiro atoms. The van der Waals surface area contributed by atoms with Crippen LogP contribution in [0.15, 0.2) is 27.1 Å². The van der Waals surface area contributed by atoms with Crippen LogP contribution in [-0.2, 0) is 20.5 Å². The number of pyridine rings is 1. The zero-order valence-corrected chi connectivity index (χ0v) is 16.0. The highest BCUT2D eigenvalue weighted by molar-refractivity contribution is 7.11. The average molecular weight is 399 g/mol. The fourth-order valence-electron chi connectivity index (χ4n) is 3.42. The van der Waals surface area contributed by atoms with E-state index in [1.54, 1.807) is 6.92 Å². The topological polar surface area (TPSA) is 91.0 Å². The molecule has 3 aromatic rings. The minimum absolute atomic E-state index is 0.0436. The van der Waals surface area contributed by atoms with E-state index in [-0.39, 0.29) is 27.7 Å². The van der Waals surface area contributed by atoms with Gasteiger partial charge in [-0.1, -0.05) is 6.92 Å². The maximum absolute atomic E-state index is 13.4. The van der Waals surface area contributed by atoms with Crippen LogP contribution in [0.3, 0.4) is 0 Å². The molecule has 0 saturated carbocycles. The van der Waals surface area contributed by atoms with Crippen LogP contribution in [-0.4, -0.2) is 25.7 Å². The third-order valence-electron chi connectivity index (χ3n) is 4.82. The van der Waals surface area contributed by atoms with Crippen LogP contribution in [0.1, 0.15) is 38.2 Å². The Bertz CT molecular complexity index is 1360. The van der Waals surface area contributed by atoms with Crippen LogP contribution in [0.5, 0.6) is 0 Å². The fourth-order valence-corrected chi connectivity index (χ4v) is 4.19. The van der Waals surface area contributed by atoms with Gasteiger partial charge in [0.05, 0.1) is 22.2 Å². The minimum Gasteiger partial charge on any atom is -0.289 e. The molecule has 0 bridgehead atoms. The Morgan fingerprint density at radius 1 is 1.11 bits per heavy atom. The Balaban J connectivity index is 2.15. The second-order valence-electron chi connectivity index (χ2n) is 6.45. The van der Waals surface area contributed by atoms with Crippen LogP contribution in [0.25, 0.3) is 16.6 Å². The first-order valence-corrected chi connectivity index (χ1v) is 9.32. The highest BCUT2D eigenvalue weighted by atomic mass is 32.1. The number of aromatic nitrogens is 3. The number of hydrogen-bond donors (Lipinski definition) is 0. The quantitative estimate of drug-likeness (QED) is 0.656. The molecule has 1 aliphatic rings. The van der Waals surface area contributed by atoms with Crippen molar-refractivity contribution in [3.63, 3.8) is 0 Å². The van der Waals surface area contributed by atoms with Crippen molar-refractivity contribution in [3.05, 3.63) is 65.9 Å². The number of ketones is 2. The van der Waals surface area contributed by atoms with Gasteiger partial charge in [0, 0.05) is 29.9 Å². The number of Topliss-reactive ketones (excluding diaryl/α,β-unsaturated/α-hetero) is 1. The van der Waals surface area contributed by atoms with Crippen molar-refractivity contribution in [3.8, 4) is 0 Å². The number of nitrogens with zero attached hydrogens (tertiary/aromatic N) is 3. The molecule has 7 nitrogen and oxygen atoms in total. The lowest BCUT2D eigenvalue weighted by molar-refractivity contribution is 0.100. The summed E-state index contributed by atoms with van der Waals surface area (Å²) < 4.78 is 15.5. The normalized spacial score (nSPS) is 13.8. The summed E-state index contributed by atoms with van der Waals surface area (Å²) in [6.07, 6.45) is 1.44. The average Bonchev–Trinajstić information content (AvgIpc) is 3.11. The van der Waals surface area contributed by atoms with Crippen molar-refractivity contribution in [2.45, 2.75) is 13.3 Å². The van der Waals surface area contributed by atoms with Gasteiger partial charge in [0.1, 0.15) is 11.5 Å². The summed E-state index contributed by atoms with van der Waals surface area (Å²) in [5, 5.41) is 1.18. The molecule has 1 aliphatic carbocycles. The van der Waals surface area contributed by atoms with Gasteiger partial charge in [-0.2, -0.15) is 0 Å². The van der Waals surface area contributed by atoms with Gasteiger partial charge in [0.25, 0.3) is 5.56 Å². The molecule has 0 radical (unpaired) electrons. The van der Waals surface area contributed by atoms with Crippen LogP contribution >= 0.6 is 11.3 Å². The molecule has 0 aliphatic heterocycles. The molecule has 142 valence electrons. The summed E-state index contributed by atoms with van der Waals surface area (Å²) in [6, 6.07) is 1.19. The molecule has 0 unspecified atom stereocenters. The first kappa shape index (κ1) is 18.2. The van der Waals surface area contributed by atoms with E-state index >= 15 is 0 Å². The van der Waals surface area contributed by atoms with Crippen molar-refractivity contribution in [1.82, 2.24) is 14.1 Å². The molecule has 3 aromatic heterocycles. The highest BCUT2D eigenvalue weighted by Gasteiger charge is 2.34. The maximum Gasteiger partial charge on any atom is 0.332 e. The van der Waals surface area contributed by atoms with E-state index in [0.717, 1.165) is 22.0 Å². The van der Waals surface area contributed by atoms with Gasteiger partial charge in [-0.3, -0.25) is 23.5 Å². The number of carbonyl (C=O) groups is 2. The number of aryl methyl sites for hydroxylation is 2. The summed E-state index contributed by atoms with van der Waals surface area (Å²) in [4.78, 5) is 55.9. The number of hydrogen-bond acceptors (Lipinski definition) is 6. The molecule has 0 N–H and O–H groups in total. The molecule has 28 heavy (non-hydrogen) atoms. The second-order valence-corrected chi connectivity index (χ2v) is 7.36. The van der Waals surface area contributed by atoms with Crippen molar-refractivity contribution in [1.29, 1.82) is 0 Å². The zero-order chi connectivity index (χ0) is 20.3. The summed E-state index contributed by atoms with van der Waals surface area (Å²) in [5.74, 6) is -1.53. The first-order chi connectivity index (χ1) is 13.3. The van der Waals surface area contributed by atoms with Gasteiger partial charge in [-0.25, -0.2) is 14.2 Å². The zero-order valence-electron chi connectivity index (χ0n) is 15.2. The predicted octanol–water partition coefficient (Wildman–Crippen LogP) is 1.86. The van der Waals surface area contributed by atoms with E-state index in [1.807, 2.05) is 0 Å². The lowest BCUT2D eigenvalue weighted by atomic mass is 9.85. The molecule has 9 heteroatoms. The standard InChI is InChI=1S/C19H14FN3O4S/c1-4-10-13-14(15-17(21-10)22(2)19(27)23(3)18(15)26)11(24)6-9(16(13)25)12-5-8(20)7-28-12/h5-7H,4H2,1-3H3. The summed E-state index contributed by atoms with van der Waals surface area (Å²) in [5.41, 5.74) is -0.832. The molecular weight excluding hydrogens is 385 g/mol. The highest BCUT2D eigenvalue weighted by Crippen LogP contribution is 2.34. The number of allylic oxidation sites excluding steroid dienone is 2. The molecule has 0 saturated heterocycles. The summed E-state index contributed by atoms with van der Waals surface area (Å²) in [6.45, 7) is 1.76.